The molecule has 0 saturated heterocycles. The van der Waals surface area contributed by atoms with E-state index in [1.54, 1.807) is 23.2 Å². The van der Waals surface area contributed by atoms with Gasteiger partial charge in [-0.1, -0.05) is 40.8 Å². The van der Waals surface area contributed by atoms with E-state index in [0.29, 0.717) is 24.6 Å². The lowest BCUT2D eigenvalue weighted by Gasteiger charge is -2.09. The van der Waals surface area contributed by atoms with Gasteiger partial charge in [0.2, 0.25) is 5.91 Å². The second-order valence-corrected chi connectivity index (χ2v) is 9.61. The number of thiazole rings is 2. The molecule has 3 aromatic heterocycles. The highest BCUT2D eigenvalue weighted by Gasteiger charge is 2.17. The van der Waals surface area contributed by atoms with E-state index in [9.17, 15) is 9.59 Å². The Labute approximate surface area is 183 Å². The van der Waals surface area contributed by atoms with Gasteiger partial charge in [0.1, 0.15) is 4.70 Å². The molecule has 11 heteroatoms. The van der Waals surface area contributed by atoms with Gasteiger partial charge in [-0.05, 0) is 31.3 Å². The summed E-state index contributed by atoms with van der Waals surface area (Å²) in [5, 5.41) is 5.50. The molecular weight excluding hydrogens is 446 g/mol. The van der Waals surface area contributed by atoms with E-state index in [1.165, 1.54) is 39.0 Å². The van der Waals surface area contributed by atoms with Gasteiger partial charge in [-0.25, -0.2) is 9.97 Å². The van der Waals surface area contributed by atoms with Crippen molar-refractivity contribution >= 4 is 68.0 Å². The number of thioether (sulfide) groups is 1. The minimum absolute atomic E-state index is 0.112. The zero-order chi connectivity index (χ0) is 20.5. The highest BCUT2D eigenvalue weighted by molar-refractivity contribution is 7.99. The number of hydrogen-bond acceptors (Lipinski definition) is 8. The van der Waals surface area contributed by atoms with E-state index in [-0.39, 0.29) is 17.2 Å². The standard InChI is InChI=1S/C18H15N5O2S4/c1-10-3-5-11(6-4-10)23-14-13(29-18(23)26)15(25)22(2)17(21-14)28-9-12(24)20-16-19-7-8-27-16/h3-8H,9H2,1-2H3,(H,19,20,24). The van der Waals surface area contributed by atoms with Gasteiger partial charge >= 0.3 is 0 Å². The van der Waals surface area contributed by atoms with Crippen LogP contribution in [0.5, 0.6) is 0 Å². The molecule has 1 amide bonds. The summed E-state index contributed by atoms with van der Waals surface area (Å²) < 4.78 is 4.30. The summed E-state index contributed by atoms with van der Waals surface area (Å²) in [5.74, 6) is -0.0965. The van der Waals surface area contributed by atoms with E-state index in [2.05, 4.69) is 15.3 Å². The molecule has 1 aromatic carbocycles. The molecule has 0 aliphatic carbocycles. The van der Waals surface area contributed by atoms with Gasteiger partial charge in [-0.15, -0.1) is 11.3 Å². The summed E-state index contributed by atoms with van der Waals surface area (Å²) in [6.07, 6.45) is 1.62. The van der Waals surface area contributed by atoms with Crippen LogP contribution in [0.15, 0.2) is 45.8 Å². The number of carbonyl (C=O) groups excluding carboxylic acids is 1. The number of aryl methyl sites for hydroxylation is 1. The Balaban J connectivity index is 1.69. The molecule has 7 nitrogen and oxygen atoms in total. The summed E-state index contributed by atoms with van der Waals surface area (Å²) >= 11 is 9.28. The third kappa shape index (κ3) is 4.04. The number of benzene rings is 1. The maximum atomic E-state index is 12.9. The van der Waals surface area contributed by atoms with Crippen LogP contribution in [0.4, 0.5) is 5.13 Å². The largest absolute Gasteiger partial charge is 0.301 e. The number of rotatable bonds is 5. The van der Waals surface area contributed by atoms with Crippen LogP contribution in [-0.2, 0) is 11.8 Å². The first kappa shape index (κ1) is 20.0. The van der Waals surface area contributed by atoms with Crippen LogP contribution in [0.25, 0.3) is 16.0 Å². The summed E-state index contributed by atoms with van der Waals surface area (Å²) in [5.41, 5.74) is 2.31. The molecule has 0 bridgehead atoms. The fourth-order valence-electron chi connectivity index (χ4n) is 2.63. The molecule has 0 fully saturated rings. The average Bonchev–Trinajstić information content (AvgIpc) is 3.32. The first-order chi connectivity index (χ1) is 13.9. The highest BCUT2D eigenvalue weighted by atomic mass is 32.2. The van der Waals surface area contributed by atoms with Crippen molar-refractivity contribution in [2.75, 3.05) is 11.1 Å². The number of fused-ring (bicyclic) bond motifs is 1. The molecule has 29 heavy (non-hydrogen) atoms. The molecule has 0 saturated carbocycles. The summed E-state index contributed by atoms with van der Waals surface area (Å²) in [6.45, 7) is 2.01. The smallest absolute Gasteiger partial charge is 0.273 e. The molecule has 0 atom stereocenters. The van der Waals surface area contributed by atoms with Crippen LogP contribution >= 0.6 is 46.7 Å². The molecule has 3 heterocycles. The molecule has 0 radical (unpaired) electrons. The van der Waals surface area contributed by atoms with Crippen LogP contribution in [0.2, 0.25) is 0 Å². The molecule has 148 valence electrons. The highest BCUT2D eigenvalue weighted by Crippen LogP contribution is 2.26. The van der Waals surface area contributed by atoms with E-state index in [4.69, 9.17) is 12.2 Å². The van der Waals surface area contributed by atoms with Gasteiger partial charge < -0.3 is 5.32 Å². The first-order valence-electron chi connectivity index (χ1n) is 8.46. The first-order valence-corrected chi connectivity index (χ1v) is 11.5. The number of nitrogens with zero attached hydrogens (tertiary/aromatic N) is 4. The summed E-state index contributed by atoms with van der Waals surface area (Å²) in [4.78, 5) is 33.7. The quantitative estimate of drug-likeness (QED) is 0.275. The van der Waals surface area contributed by atoms with Gasteiger partial charge in [0.05, 0.1) is 5.75 Å². The normalized spacial score (nSPS) is 11.1. The Kier molecular flexibility index (Phi) is 5.63. The van der Waals surface area contributed by atoms with Crippen molar-refractivity contribution in [2.24, 2.45) is 7.05 Å². The van der Waals surface area contributed by atoms with Gasteiger partial charge in [-0.2, -0.15) is 0 Å². The second kappa shape index (κ2) is 8.19. The van der Waals surface area contributed by atoms with Crippen LogP contribution in [0.1, 0.15) is 5.56 Å². The number of nitrogens with one attached hydrogen (secondary N) is 1. The number of hydrogen-bond donors (Lipinski definition) is 1. The molecular formula is C18H15N5O2S4. The molecule has 1 N–H and O–H groups in total. The Morgan fingerprint density at radius 2 is 2.07 bits per heavy atom. The Morgan fingerprint density at radius 3 is 2.76 bits per heavy atom. The van der Waals surface area contributed by atoms with Crippen LogP contribution in [0, 0.1) is 10.9 Å². The van der Waals surface area contributed by atoms with Crippen molar-refractivity contribution in [3.63, 3.8) is 0 Å². The van der Waals surface area contributed by atoms with Crippen molar-refractivity contribution in [2.45, 2.75) is 12.1 Å². The van der Waals surface area contributed by atoms with Crippen LogP contribution < -0.4 is 10.9 Å². The molecule has 0 aliphatic heterocycles. The SMILES string of the molecule is Cc1ccc(-n2c(=S)sc3c(=O)n(C)c(SCC(=O)Nc4nccs4)nc32)cc1. The van der Waals surface area contributed by atoms with Crippen molar-refractivity contribution in [3.8, 4) is 5.69 Å². The van der Waals surface area contributed by atoms with Gasteiger partial charge in [0.25, 0.3) is 5.56 Å². The van der Waals surface area contributed by atoms with Crippen LogP contribution in [0.3, 0.4) is 0 Å². The Morgan fingerprint density at radius 1 is 1.31 bits per heavy atom. The summed E-state index contributed by atoms with van der Waals surface area (Å²) in [6, 6.07) is 7.87. The Hall–Kier alpha value is -2.34. The van der Waals surface area contributed by atoms with Crippen molar-refractivity contribution in [1.29, 1.82) is 0 Å². The fraction of sp³-hybridized carbons (Fsp3) is 0.167. The lowest BCUT2D eigenvalue weighted by Crippen LogP contribution is -2.21. The van der Waals surface area contributed by atoms with E-state index in [1.807, 2.05) is 31.2 Å². The predicted octanol–water partition coefficient (Wildman–Crippen LogP) is 4.01. The van der Waals surface area contributed by atoms with E-state index in [0.717, 1.165) is 11.3 Å². The van der Waals surface area contributed by atoms with E-state index >= 15 is 0 Å². The maximum absolute atomic E-state index is 12.9. The molecule has 0 spiro atoms. The van der Waals surface area contributed by atoms with Crippen molar-refractivity contribution in [3.05, 3.63) is 55.7 Å². The second-order valence-electron chi connectivity index (χ2n) is 6.12. The van der Waals surface area contributed by atoms with Crippen molar-refractivity contribution < 1.29 is 4.79 Å². The number of amides is 1. The topological polar surface area (TPSA) is 81.8 Å². The third-order valence-electron chi connectivity index (χ3n) is 4.08. The van der Waals surface area contributed by atoms with Crippen LogP contribution in [-0.4, -0.2) is 30.8 Å². The average molecular weight is 462 g/mol. The fourth-order valence-corrected chi connectivity index (χ4v) is 5.29. The molecule has 0 unspecified atom stereocenters. The third-order valence-corrected chi connectivity index (χ3v) is 7.15. The minimum atomic E-state index is -0.208. The number of aromatic nitrogens is 4. The zero-order valence-corrected chi connectivity index (χ0v) is 18.7. The molecule has 4 aromatic rings. The molecule has 4 rings (SSSR count). The van der Waals surface area contributed by atoms with Crippen molar-refractivity contribution in [1.82, 2.24) is 19.1 Å². The van der Waals surface area contributed by atoms with E-state index < -0.39 is 0 Å². The minimum Gasteiger partial charge on any atom is -0.301 e. The van der Waals surface area contributed by atoms with Gasteiger partial charge in [0, 0.05) is 24.3 Å². The zero-order valence-electron chi connectivity index (χ0n) is 15.4. The number of anilines is 1. The Bertz CT molecular complexity index is 1300. The number of carbonyl (C=O) groups is 1. The van der Waals surface area contributed by atoms with Gasteiger partial charge in [0.15, 0.2) is 19.9 Å². The van der Waals surface area contributed by atoms with Gasteiger partial charge in [-0.3, -0.25) is 18.7 Å². The maximum Gasteiger partial charge on any atom is 0.273 e. The summed E-state index contributed by atoms with van der Waals surface area (Å²) in [7, 11) is 1.65. The lowest BCUT2D eigenvalue weighted by atomic mass is 10.2. The predicted molar refractivity (Wildman–Crippen MR) is 121 cm³/mol. The lowest BCUT2D eigenvalue weighted by molar-refractivity contribution is -0.113. The molecule has 0 aliphatic rings. The monoisotopic (exact) mass is 461 g/mol.